The Morgan fingerprint density at radius 2 is 1.67 bits per heavy atom. The fourth-order valence-electron chi connectivity index (χ4n) is 2.84. The lowest BCUT2D eigenvalue weighted by molar-refractivity contribution is -0.119. The average molecular weight is 389 g/mol. The van der Waals surface area contributed by atoms with E-state index in [0.29, 0.717) is 0 Å². The number of hydrogen-bond acceptors (Lipinski definition) is 4. The minimum atomic E-state index is -4.00. The predicted octanol–water partition coefficient (Wildman–Crippen LogP) is 3.07. The SMILES string of the molecule is O=C(CN(c1ccc(F)cc1)S(=O)(=O)c1ccccc1)NN=C1CCCC1. The molecule has 1 fully saturated rings. The van der Waals surface area contributed by atoms with Crippen LogP contribution in [-0.4, -0.2) is 26.6 Å². The molecule has 1 aliphatic carbocycles. The molecule has 1 saturated carbocycles. The number of benzene rings is 2. The quantitative estimate of drug-likeness (QED) is 0.771. The highest BCUT2D eigenvalue weighted by molar-refractivity contribution is 7.92. The number of hydrogen-bond donors (Lipinski definition) is 1. The highest BCUT2D eigenvalue weighted by Gasteiger charge is 2.27. The van der Waals surface area contributed by atoms with Gasteiger partial charge in [0.2, 0.25) is 0 Å². The average Bonchev–Trinajstić information content (AvgIpc) is 3.19. The third kappa shape index (κ3) is 4.71. The first-order valence-electron chi connectivity index (χ1n) is 8.64. The molecule has 0 heterocycles. The molecule has 0 saturated heterocycles. The molecule has 27 heavy (non-hydrogen) atoms. The van der Waals surface area contributed by atoms with Gasteiger partial charge in [-0.15, -0.1) is 0 Å². The number of halogens is 1. The van der Waals surface area contributed by atoms with Crippen molar-refractivity contribution in [3.8, 4) is 0 Å². The van der Waals surface area contributed by atoms with Crippen LogP contribution in [0.4, 0.5) is 10.1 Å². The Balaban J connectivity index is 1.87. The summed E-state index contributed by atoms with van der Waals surface area (Å²) in [6.45, 7) is -0.459. The monoisotopic (exact) mass is 389 g/mol. The number of anilines is 1. The lowest BCUT2D eigenvalue weighted by atomic mass is 10.3. The zero-order chi connectivity index (χ0) is 19.3. The van der Waals surface area contributed by atoms with E-state index in [-0.39, 0.29) is 10.6 Å². The summed E-state index contributed by atoms with van der Waals surface area (Å²) in [4.78, 5) is 12.4. The van der Waals surface area contributed by atoms with E-state index in [9.17, 15) is 17.6 Å². The molecular formula is C19H20FN3O3S. The molecule has 0 atom stereocenters. The molecule has 3 rings (SSSR count). The van der Waals surface area contributed by atoms with Crippen molar-refractivity contribution in [3.63, 3.8) is 0 Å². The van der Waals surface area contributed by atoms with Crippen LogP contribution in [0.25, 0.3) is 0 Å². The van der Waals surface area contributed by atoms with Crippen molar-refractivity contribution in [1.29, 1.82) is 0 Å². The molecule has 0 bridgehead atoms. The Kier molecular flexibility index (Phi) is 5.85. The van der Waals surface area contributed by atoms with Crippen molar-refractivity contribution in [1.82, 2.24) is 5.43 Å². The lowest BCUT2D eigenvalue weighted by Gasteiger charge is -2.23. The summed E-state index contributed by atoms with van der Waals surface area (Å²) in [5, 5.41) is 4.07. The first kappa shape index (κ1) is 19.0. The number of sulfonamides is 1. The molecular weight excluding hydrogens is 369 g/mol. The molecule has 6 nitrogen and oxygen atoms in total. The molecule has 142 valence electrons. The first-order chi connectivity index (χ1) is 13.0. The largest absolute Gasteiger partial charge is 0.271 e. The Labute approximate surface area is 157 Å². The second-order valence-electron chi connectivity index (χ2n) is 6.22. The molecule has 1 aliphatic rings. The minimum absolute atomic E-state index is 0.0456. The summed E-state index contributed by atoms with van der Waals surface area (Å²) in [6.07, 6.45) is 3.76. The molecule has 8 heteroatoms. The van der Waals surface area contributed by atoms with Gasteiger partial charge in [0.25, 0.3) is 15.9 Å². The van der Waals surface area contributed by atoms with Crippen molar-refractivity contribution >= 4 is 27.3 Å². The summed E-state index contributed by atoms with van der Waals surface area (Å²) < 4.78 is 40.3. The number of carbonyl (C=O) groups is 1. The van der Waals surface area contributed by atoms with Crippen molar-refractivity contribution in [2.75, 3.05) is 10.8 Å². The predicted molar refractivity (Wildman–Crippen MR) is 101 cm³/mol. The van der Waals surface area contributed by atoms with Crippen molar-refractivity contribution < 1.29 is 17.6 Å². The molecule has 2 aromatic carbocycles. The molecule has 0 spiro atoms. The van der Waals surface area contributed by atoms with Gasteiger partial charge in [-0.2, -0.15) is 5.10 Å². The highest BCUT2D eigenvalue weighted by Crippen LogP contribution is 2.23. The zero-order valence-corrected chi connectivity index (χ0v) is 15.5. The van der Waals surface area contributed by atoms with E-state index in [1.54, 1.807) is 18.2 Å². The van der Waals surface area contributed by atoms with Crippen molar-refractivity contribution in [2.24, 2.45) is 5.10 Å². The number of carbonyl (C=O) groups excluding carboxylic acids is 1. The second-order valence-corrected chi connectivity index (χ2v) is 8.08. The van der Waals surface area contributed by atoms with Crippen molar-refractivity contribution in [2.45, 2.75) is 30.6 Å². The van der Waals surface area contributed by atoms with E-state index in [1.807, 2.05) is 0 Å². The van der Waals surface area contributed by atoms with E-state index in [4.69, 9.17) is 0 Å². The highest BCUT2D eigenvalue weighted by atomic mass is 32.2. The zero-order valence-electron chi connectivity index (χ0n) is 14.6. The van der Waals surface area contributed by atoms with Gasteiger partial charge in [-0.1, -0.05) is 18.2 Å². The maximum Gasteiger partial charge on any atom is 0.264 e. The van der Waals surface area contributed by atoms with Gasteiger partial charge in [0.1, 0.15) is 12.4 Å². The van der Waals surface area contributed by atoms with Crippen LogP contribution in [0.5, 0.6) is 0 Å². The number of hydrazone groups is 1. The van der Waals surface area contributed by atoms with E-state index in [2.05, 4.69) is 10.5 Å². The Hall–Kier alpha value is -2.74. The van der Waals surface area contributed by atoms with Crippen LogP contribution < -0.4 is 9.73 Å². The summed E-state index contributed by atoms with van der Waals surface area (Å²) in [5.74, 6) is -1.05. The standard InChI is InChI=1S/C19H20FN3O3S/c20-15-10-12-17(13-11-15)23(27(25,26)18-8-2-1-3-9-18)14-19(24)22-21-16-6-4-5-7-16/h1-3,8-13H,4-7,14H2,(H,22,24). The second kappa shape index (κ2) is 8.30. The van der Waals surface area contributed by atoms with Gasteiger partial charge in [0.05, 0.1) is 10.6 Å². The maximum absolute atomic E-state index is 13.3. The van der Waals surface area contributed by atoms with E-state index >= 15 is 0 Å². The van der Waals surface area contributed by atoms with Gasteiger partial charge < -0.3 is 0 Å². The minimum Gasteiger partial charge on any atom is -0.271 e. The van der Waals surface area contributed by atoms with Crippen LogP contribution in [0.2, 0.25) is 0 Å². The Morgan fingerprint density at radius 3 is 2.30 bits per heavy atom. The molecule has 0 aliphatic heterocycles. The number of nitrogens with zero attached hydrogens (tertiary/aromatic N) is 2. The Bertz CT molecular complexity index is 920. The van der Waals surface area contributed by atoms with Gasteiger partial charge in [-0.3, -0.25) is 9.10 Å². The van der Waals surface area contributed by atoms with Crippen LogP contribution in [0.15, 0.2) is 64.6 Å². The molecule has 1 amide bonds. The van der Waals surface area contributed by atoms with Crippen LogP contribution in [0.3, 0.4) is 0 Å². The summed E-state index contributed by atoms with van der Waals surface area (Å²) in [6, 6.07) is 12.7. The smallest absolute Gasteiger partial charge is 0.264 e. The summed E-state index contributed by atoms with van der Waals surface area (Å²) in [5.41, 5.74) is 3.53. The van der Waals surface area contributed by atoms with Gasteiger partial charge in [0, 0.05) is 5.71 Å². The lowest BCUT2D eigenvalue weighted by Crippen LogP contribution is -2.39. The Morgan fingerprint density at radius 1 is 1.04 bits per heavy atom. The van der Waals surface area contributed by atoms with Gasteiger partial charge in [-0.05, 0) is 62.1 Å². The van der Waals surface area contributed by atoms with E-state index < -0.39 is 28.3 Å². The molecule has 1 N–H and O–H groups in total. The topological polar surface area (TPSA) is 78.8 Å². The van der Waals surface area contributed by atoms with Crippen LogP contribution in [-0.2, 0) is 14.8 Å². The molecule has 0 aromatic heterocycles. The number of nitrogens with one attached hydrogen (secondary N) is 1. The normalized spacial score (nSPS) is 14.0. The number of amides is 1. The summed E-state index contributed by atoms with van der Waals surface area (Å²) >= 11 is 0. The van der Waals surface area contributed by atoms with Gasteiger partial charge in [-0.25, -0.2) is 18.2 Å². The van der Waals surface area contributed by atoms with E-state index in [0.717, 1.165) is 47.8 Å². The van der Waals surface area contributed by atoms with Crippen LogP contribution in [0, 0.1) is 5.82 Å². The summed E-state index contributed by atoms with van der Waals surface area (Å²) in [7, 11) is -4.00. The van der Waals surface area contributed by atoms with E-state index in [1.165, 1.54) is 24.3 Å². The molecule has 0 unspecified atom stereocenters. The van der Waals surface area contributed by atoms with Crippen LogP contribution in [0.1, 0.15) is 25.7 Å². The third-order valence-corrected chi connectivity index (χ3v) is 6.04. The number of rotatable bonds is 6. The van der Waals surface area contributed by atoms with Crippen LogP contribution >= 0.6 is 0 Å². The molecule has 0 radical (unpaired) electrons. The van der Waals surface area contributed by atoms with Gasteiger partial charge >= 0.3 is 0 Å². The van der Waals surface area contributed by atoms with Crippen molar-refractivity contribution in [3.05, 3.63) is 60.4 Å². The third-order valence-electron chi connectivity index (χ3n) is 4.25. The first-order valence-corrected chi connectivity index (χ1v) is 10.1. The van der Waals surface area contributed by atoms with Gasteiger partial charge in [0.15, 0.2) is 0 Å². The maximum atomic E-state index is 13.3. The fourth-order valence-corrected chi connectivity index (χ4v) is 4.29. The fraction of sp³-hybridized carbons (Fsp3) is 0.263. The molecule has 2 aromatic rings.